The fourth-order valence-corrected chi connectivity index (χ4v) is 2.21. The monoisotopic (exact) mass is 347 g/mol. The van der Waals surface area contributed by atoms with E-state index in [9.17, 15) is 4.79 Å². The lowest BCUT2D eigenvalue weighted by atomic mass is 10.1. The molecule has 0 aromatic heterocycles. The second-order valence-electron chi connectivity index (χ2n) is 4.81. The molecule has 0 unspecified atom stereocenters. The maximum Gasteiger partial charge on any atom is 0.259 e. The molecule has 2 aromatic carbocycles. The Morgan fingerprint density at radius 1 is 1.19 bits per heavy atom. The topological polar surface area (TPSA) is 38.3 Å². The summed E-state index contributed by atoms with van der Waals surface area (Å²) in [5.41, 5.74) is 2.45. The lowest BCUT2D eigenvalue weighted by molar-refractivity contribution is 0.102. The van der Waals surface area contributed by atoms with Gasteiger partial charge < -0.3 is 10.1 Å². The van der Waals surface area contributed by atoms with Crippen molar-refractivity contribution in [3.8, 4) is 5.75 Å². The van der Waals surface area contributed by atoms with E-state index < -0.39 is 0 Å². The Morgan fingerprint density at radius 2 is 1.90 bits per heavy atom. The molecule has 0 saturated carbocycles. The molecule has 0 aliphatic heterocycles. The Labute approximate surface area is 133 Å². The van der Waals surface area contributed by atoms with Crippen molar-refractivity contribution in [2.75, 3.05) is 11.9 Å². The molecule has 0 fully saturated rings. The average Bonchev–Trinajstić information content (AvgIpc) is 2.48. The van der Waals surface area contributed by atoms with Crippen LogP contribution >= 0.6 is 15.9 Å². The highest BCUT2D eigenvalue weighted by atomic mass is 79.9. The van der Waals surface area contributed by atoms with Crippen LogP contribution in [0.1, 0.15) is 29.3 Å². The van der Waals surface area contributed by atoms with Crippen LogP contribution in [-0.4, -0.2) is 12.5 Å². The van der Waals surface area contributed by atoms with E-state index in [4.69, 9.17) is 4.74 Å². The number of hydrogen-bond acceptors (Lipinski definition) is 2. The highest BCUT2D eigenvalue weighted by Gasteiger charge is 2.13. The van der Waals surface area contributed by atoms with Gasteiger partial charge in [-0.15, -0.1) is 0 Å². The van der Waals surface area contributed by atoms with E-state index in [0.29, 0.717) is 17.9 Å². The maximum absolute atomic E-state index is 12.4. The maximum atomic E-state index is 12.4. The van der Waals surface area contributed by atoms with Gasteiger partial charge in [-0.1, -0.05) is 40.5 Å². The molecule has 3 nitrogen and oxygen atoms in total. The van der Waals surface area contributed by atoms with Crippen molar-refractivity contribution in [3.63, 3.8) is 0 Å². The summed E-state index contributed by atoms with van der Waals surface area (Å²) in [5.74, 6) is 0.427. The summed E-state index contributed by atoms with van der Waals surface area (Å²) in [4.78, 5) is 12.4. The van der Waals surface area contributed by atoms with Gasteiger partial charge in [0.25, 0.3) is 5.91 Å². The number of carbonyl (C=O) groups excluding carboxylic acids is 1. The molecule has 0 aliphatic carbocycles. The molecule has 2 rings (SSSR count). The third-order valence-corrected chi connectivity index (χ3v) is 3.45. The highest BCUT2D eigenvalue weighted by Crippen LogP contribution is 2.24. The van der Waals surface area contributed by atoms with Gasteiger partial charge >= 0.3 is 0 Å². The van der Waals surface area contributed by atoms with Crippen molar-refractivity contribution in [2.45, 2.75) is 20.3 Å². The van der Waals surface area contributed by atoms with Crippen LogP contribution in [0.25, 0.3) is 0 Å². The summed E-state index contributed by atoms with van der Waals surface area (Å²) in [6, 6.07) is 13.2. The Kier molecular flexibility index (Phi) is 5.39. The number of carbonyl (C=O) groups is 1. The molecular weight excluding hydrogens is 330 g/mol. The highest BCUT2D eigenvalue weighted by molar-refractivity contribution is 9.10. The van der Waals surface area contributed by atoms with Gasteiger partial charge in [0.15, 0.2) is 0 Å². The first-order valence-corrected chi connectivity index (χ1v) is 7.70. The molecule has 0 heterocycles. The zero-order valence-electron chi connectivity index (χ0n) is 12.2. The Morgan fingerprint density at radius 3 is 2.57 bits per heavy atom. The van der Waals surface area contributed by atoms with Crippen LogP contribution in [0.15, 0.2) is 46.9 Å². The Bertz CT molecular complexity index is 623. The van der Waals surface area contributed by atoms with Crippen LogP contribution in [-0.2, 0) is 0 Å². The zero-order chi connectivity index (χ0) is 15.2. The van der Waals surface area contributed by atoms with E-state index in [1.54, 1.807) is 6.07 Å². The Hall–Kier alpha value is -1.81. The first kappa shape index (κ1) is 15.6. The number of rotatable bonds is 5. The molecule has 4 heteroatoms. The van der Waals surface area contributed by atoms with Crippen molar-refractivity contribution in [2.24, 2.45) is 0 Å². The number of nitrogens with one attached hydrogen (secondary N) is 1. The third kappa shape index (κ3) is 4.33. The minimum atomic E-state index is -0.175. The van der Waals surface area contributed by atoms with Gasteiger partial charge in [0.1, 0.15) is 5.75 Å². The van der Waals surface area contributed by atoms with Gasteiger partial charge in [0, 0.05) is 10.2 Å². The molecular formula is C17H18BrNO2. The van der Waals surface area contributed by atoms with Gasteiger partial charge in [-0.3, -0.25) is 4.79 Å². The number of anilines is 1. The standard InChI is InChI=1S/C17H18BrNO2/c1-3-10-21-16-9-6-13(18)11-15(16)17(20)19-14-7-4-12(2)5-8-14/h4-9,11H,3,10H2,1-2H3,(H,19,20). The van der Waals surface area contributed by atoms with Crippen LogP contribution < -0.4 is 10.1 Å². The van der Waals surface area contributed by atoms with Crippen molar-refractivity contribution >= 4 is 27.5 Å². The van der Waals surface area contributed by atoms with Crippen molar-refractivity contribution in [1.82, 2.24) is 0 Å². The molecule has 0 bridgehead atoms. The van der Waals surface area contributed by atoms with E-state index in [1.807, 2.05) is 50.2 Å². The Balaban J connectivity index is 2.20. The molecule has 0 aliphatic rings. The molecule has 2 aromatic rings. The van der Waals surface area contributed by atoms with Crippen molar-refractivity contribution < 1.29 is 9.53 Å². The molecule has 1 N–H and O–H groups in total. The molecule has 0 radical (unpaired) electrons. The fraction of sp³-hybridized carbons (Fsp3) is 0.235. The predicted octanol–water partition coefficient (Wildman–Crippen LogP) is 4.80. The van der Waals surface area contributed by atoms with Crippen LogP contribution in [0.4, 0.5) is 5.69 Å². The summed E-state index contributed by atoms with van der Waals surface area (Å²) in [7, 11) is 0. The van der Waals surface area contributed by atoms with Crippen LogP contribution in [0, 0.1) is 6.92 Å². The minimum Gasteiger partial charge on any atom is -0.493 e. The quantitative estimate of drug-likeness (QED) is 0.843. The largest absolute Gasteiger partial charge is 0.493 e. The van der Waals surface area contributed by atoms with Gasteiger partial charge in [-0.2, -0.15) is 0 Å². The summed E-state index contributed by atoms with van der Waals surface area (Å²) < 4.78 is 6.49. The molecule has 0 spiro atoms. The normalized spacial score (nSPS) is 10.2. The zero-order valence-corrected chi connectivity index (χ0v) is 13.7. The van der Waals surface area contributed by atoms with E-state index in [0.717, 1.165) is 22.1 Å². The number of ether oxygens (including phenoxy) is 1. The smallest absolute Gasteiger partial charge is 0.259 e. The SMILES string of the molecule is CCCOc1ccc(Br)cc1C(=O)Nc1ccc(C)cc1. The molecule has 110 valence electrons. The number of halogens is 1. The second kappa shape index (κ2) is 7.27. The van der Waals surface area contributed by atoms with E-state index in [-0.39, 0.29) is 5.91 Å². The first-order valence-electron chi connectivity index (χ1n) is 6.90. The second-order valence-corrected chi connectivity index (χ2v) is 5.72. The van der Waals surface area contributed by atoms with E-state index in [1.165, 1.54) is 0 Å². The lowest BCUT2D eigenvalue weighted by Crippen LogP contribution is -2.14. The number of aryl methyl sites for hydroxylation is 1. The summed E-state index contributed by atoms with van der Waals surface area (Å²) in [6.07, 6.45) is 0.898. The van der Waals surface area contributed by atoms with E-state index >= 15 is 0 Å². The minimum absolute atomic E-state index is 0.175. The predicted molar refractivity (Wildman–Crippen MR) is 89.1 cm³/mol. The third-order valence-electron chi connectivity index (χ3n) is 2.96. The summed E-state index contributed by atoms with van der Waals surface area (Å²) in [5, 5.41) is 2.89. The van der Waals surface area contributed by atoms with E-state index in [2.05, 4.69) is 21.2 Å². The van der Waals surface area contributed by atoms with Gasteiger partial charge in [-0.25, -0.2) is 0 Å². The van der Waals surface area contributed by atoms with Crippen molar-refractivity contribution in [3.05, 3.63) is 58.1 Å². The van der Waals surface area contributed by atoms with Gasteiger partial charge in [0.05, 0.1) is 12.2 Å². The van der Waals surface area contributed by atoms with Gasteiger partial charge in [0.2, 0.25) is 0 Å². The van der Waals surface area contributed by atoms with Gasteiger partial charge in [-0.05, 0) is 43.7 Å². The average molecular weight is 348 g/mol. The molecule has 0 atom stereocenters. The number of amides is 1. The molecule has 0 saturated heterocycles. The molecule has 21 heavy (non-hydrogen) atoms. The first-order chi connectivity index (χ1) is 10.1. The number of benzene rings is 2. The van der Waals surface area contributed by atoms with Crippen molar-refractivity contribution in [1.29, 1.82) is 0 Å². The van der Waals surface area contributed by atoms with Crippen LogP contribution in [0.2, 0.25) is 0 Å². The van der Waals surface area contributed by atoms with Crippen LogP contribution in [0.5, 0.6) is 5.75 Å². The number of hydrogen-bond donors (Lipinski definition) is 1. The lowest BCUT2D eigenvalue weighted by Gasteiger charge is -2.12. The molecule has 1 amide bonds. The van der Waals surface area contributed by atoms with Crippen LogP contribution in [0.3, 0.4) is 0 Å². The summed E-state index contributed by atoms with van der Waals surface area (Å²) >= 11 is 3.39. The fourth-order valence-electron chi connectivity index (χ4n) is 1.85. The summed E-state index contributed by atoms with van der Waals surface area (Å²) in [6.45, 7) is 4.63.